The summed E-state index contributed by atoms with van der Waals surface area (Å²) in [6.07, 6.45) is 0.511. The summed E-state index contributed by atoms with van der Waals surface area (Å²) >= 11 is 0. The second kappa shape index (κ2) is 4.79. The lowest BCUT2D eigenvalue weighted by Crippen LogP contribution is -1.97. The Labute approximate surface area is 104 Å². The molecule has 0 bridgehead atoms. The molecular formula is C14H11NO3. The van der Waals surface area contributed by atoms with E-state index in [1.54, 1.807) is 18.2 Å². The molecule has 0 saturated carbocycles. The molecule has 0 aliphatic heterocycles. The van der Waals surface area contributed by atoms with Crippen LogP contribution in [0.3, 0.4) is 0 Å². The van der Waals surface area contributed by atoms with E-state index in [-0.39, 0.29) is 11.3 Å². The van der Waals surface area contributed by atoms with Gasteiger partial charge in [0.1, 0.15) is 0 Å². The molecule has 4 heteroatoms. The van der Waals surface area contributed by atoms with Crippen molar-refractivity contribution in [1.29, 1.82) is 0 Å². The molecule has 90 valence electrons. The molecule has 4 nitrogen and oxygen atoms in total. The zero-order valence-electron chi connectivity index (χ0n) is 9.79. The average Bonchev–Trinajstić information content (AvgIpc) is 2.37. The number of hydrogen-bond donors (Lipinski definition) is 0. The fourth-order valence-corrected chi connectivity index (χ4v) is 1.91. The Bertz CT molecular complexity index is 620. The van der Waals surface area contributed by atoms with E-state index in [9.17, 15) is 14.9 Å². The first kappa shape index (κ1) is 12.0. The summed E-state index contributed by atoms with van der Waals surface area (Å²) in [5.41, 5.74) is 2.18. The van der Waals surface area contributed by atoms with Gasteiger partial charge in [0, 0.05) is 0 Å². The highest BCUT2D eigenvalue weighted by Gasteiger charge is 2.19. The van der Waals surface area contributed by atoms with Gasteiger partial charge in [0.2, 0.25) is 0 Å². The van der Waals surface area contributed by atoms with Crippen LogP contribution in [0.1, 0.15) is 15.9 Å². The molecule has 0 N–H and O–H groups in total. The topological polar surface area (TPSA) is 60.2 Å². The summed E-state index contributed by atoms with van der Waals surface area (Å²) < 4.78 is 0. The first-order valence-corrected chi connectivity index (χ1v) is 5.43. The number of carbonyl (C=O) groups excluding carboxylic acids is 1. The Morgan fingerprint density at radius 1 is 1.17 bits per heavy atom. The number of nitro groups is 1. The molecule has 0 saturated heterocycles. The van der Waals surface area contributed by atoms with E-state index in [1.807, 2.05) is 25.1 Å². The molecule has 0 spiro atoms. The Morgan fingerprint density at radius 3 is 2.50 bits per heavy atom. The van der Waals surface area contributed by atoms with Crippen LogP contribution in [0.2, 0.25) is 0 Å². The molecular weight excluding hydrogens is 230 g/mol. The summed E-state index contributed by atoms with van der Waals surface area (Å²) in [6.45, 7) is 1.92. The van der Waals surface area contributed by atoms with E-state index < -0.39 is 4.92 Å². The van der Waals surface area contributed by atoms with Gasteiger partial charge in [0.05, 0.1) is 16.1 Å². The number of nitro benzene ring substituents is 1. The maximum Gasteiger partial charge on any atom is 0.287 e. The second-order valence-corrected chi connectivity index (χ2v) is 3.99. The van der Waals surface area contributed by atoms with Gasteiger partial charge < -0.3 is 0 Å². The van der Waals surface area contributed by atoms with Gasteiger partial charge in [-0.3, -0.25) is 14.9 Å². The van der Waals surface area contributed by atoms with Crippen molar-refractivity contribution in [3.63, 3.8) is 0 Å². The lowest BCUT2D eigenvalue weighted by molar-refractivity contribution is -0.384. The van der Waals surface area contributed by atoms with E-state index in [1.165, 1.54) is 6.07 Å². The molecule has 0 aliphatic carbocycles. The summed E-state index contributed by atoms with van der Waals surface area (Å²) in [4.78, 5) is 21.5. The van der Waals surface area contributed by atoms with Crippen LogP contribution in [0.15, 0.2) is 42.5 Å². The molecule has 0 atom stereocenters. The van der Waals surface area contributed by atoms with Crippen LogP contribution in [0.4, 0.5) is 5.69 Å². The monoisotopic (exact) mass is 241 g/mol. The van der Waals surface area contributed by atoms with E-state index in [0.717, 1.165) is 11.1 Å². The summed E-state index contributed by atoms with van der Waals surface area (Å²) in [5.74, 6) is 0. The minimum atomic E-state index is -0.513. The lowest BCUT2D eigenvalue weighted by atomic mass is 9.99. The molecule has 2 rings (SSSR count). The first-order chi connectivity index (χ1) is 8.63. The first-order valence-electron chi connectivity index (χ1n) is 5.43. The van der Waals surface area contributed by atoms with Crippen molar-refractivity contribution in [2.75, 3.05) is 0 Å². The van der Waals surface area contributed by atoms with Crippen LogP contribution < -0.4 is 0 Å². The fourth-order valence-electron chi connectivity index (χ4n) is 1.91. The van der Waals surface area contributed by atoms with Gasteiger partial charge in [-0.05, 0) is 24.6 Å². The SMILES string of the molecule is Cc1cccc(-c2cccc(C=O)c2[N+](=O)[O-])c1. The summed E-state index contributed by atoms with van der Waals surface area (Å²) in [6, 6.07) is 12.2. The molecule has 0 unspecified atom stereocenters. The number of rotatable bonds is 3. The number of aryl methyl sites for hydroxylation is 1. The minimum absolute atomic E-state index is 0.0963. The van der Waals surface area contributed by atoms with Gasteiger partial charge in [0.25, 0.3) is 5.69 Å². The second-order valence-electron chi connectivity index (χ2n) is 3.99. The third kappa shape index (κ3) is 2.13. The maximum atomic E-state index is 11.1. The smallest absolute Gasteiger partial charge is 0.287 e. The highest BCUT2D eigenvalue weighted by atomic mass is 16.6. The standard InChI is InChI=1S/C14H11NO3/c1-10-4-2-5-11(8-10)13-7-3-6-12(9-16)14(13)15(17)18/h2-9H,1H3. The van der Waals surface area contributed by atoms with Gasteiger partial charge in [0.15, 0.2) is 6.29 Å². The molecule has 2 aromatic carbocycles. The van der Waals surface area contributed by atoms with Crippen molar-refractivity contribution in [3.8, 4) is 11.1 Å². The number of benzene rings is 2. The van der Waals surface area contributed by atoms with Crippen molar-refractivity contribution in [2.24, 2.45) is 0 Å². The predicted molar refractivity (Wildman–Crippen MR) is 68.7 cm³/mol. The molecule has 0 fully saturated rings. The Morgan fingerprint density at radius 2 is 1.89 bits per heavy atom. The maximum absolute atomic E-state index is 11.1. The highest BCUT2D eigenvalue weighted by molar-refractivity contribution is 5.89. The van der Waals surface area contributed by atoms with E-state index in [4.69, 9.17) is 0 Å². The largest absolute Gasteiger partial charge is 0.298 e. The van der Waals surface area contributed by atoms with Crippen LogP contribution in [0, 0.1) is 17.0 Å². The molecule has 0 heterocycles. The number of para-hydroxylation sites is 1. The van der Waals surface area contributed by atoms with Crippen LogP contribution in [0.5, 0.6) is 0 Å². The van der Waals surface area contributed by atoms with E-state index >= 15 is 0 Å². The minimum Gasteiger partial charge on any atom is -0.298 e. The molecule has 0 amide bonds. The molecule has 0 aliphatic rings. The molecule has 2 aromatic rings. The quantitative estimate of drug-likeness (QED) is 0.470. The highest BCUT2D eigenvalue weighted by Crippen LogP contribution is 2.32. The van der Waals surface area contributed by atoms with Crippen molar-refractivity contribution in [3.05, 3.63) is 63.7 Å². The fraction of sp³-hybridized carbons (Fsp3) is 0.0714. The number of nitrogens with zero attached hydrogens (tertiary/aromatic N) is 1. The molecule has 0 aromatic heterocycles. The van der Waals surface area contributed by atoms with Gasteiger partial charge in [-0.2, -0.15) is 0 Å². The van der Waals surface area contributed by atoms with Crippen LogP contribution in [-0.4, -0.2) is 11.2 Å². The van der Waals surface area contributed by atoms with E-state index in [2.05, 4.69) is 0 Å². The zero-order chi connectivity index (χ0) is 13.1. The lowest BCUT2D eigenvalue weighted by Gasteiger charge is -2.05. The predicted octanol–water partition coefficient (Wildman–Crippen LogP) is 3.38. The van der Waals surface area contributed by atoms with Crippen LogP contribution >= 0.6 is 0 Å². The third-order valence-electron chi connectivity index (χ3n) is 2.71. The third-order valence-corrected chi connectivity index (χ3v) is 2.71. The molecule has 0 radical (unpaired) electrons. The molecule has 18 heavy (non-hydrogen) atoms. The number of aldehydes is 1. The number of hydrogen-bond acceptors (Lipinski definition) is 3. The van der Waals surface area contributed by atoms with Crippen molar-refractivity contribution in [1.82, 2.24) is 0 Å². The van der Waals surface area contributed by atoms with Gasteiger partial charge in [-0.25, -0.2) is 0 Å². The normalized spacial score (nSPS) is 10.1. The van der Waals surface area contributed by atoms with Crippen molar-refractivity contribution >= 4 is 12.0 Å². The van der Waals surface area contributed by atoms with Gasteiger partial charge in [-0.1, -0.05) is 35.9 Å². The van der Waals surface area contributed by atoms with E-state index in [0.29, 0.717) is 11.8 Å². The zero-order valence-corrected chi connectivity index (χ0v) is 9.79. The average molecular weight is 241 g/mol. The van der Waals surface area contributed by atoms with Crippen LogP contribution in [-0.2, 0) is 0 Å². The van der Waals surface area contributed by atoms with Crippen molar-refractivity contribution in [2.45, 2.75) is 6.92 Å². The summed E-state index contributed by atoms with van der Waals surface area (Å²) in [5, 5.41) is 11.1. The Kier molecular flexibility index (Phi) is 3.19. The van der Waals surface area contributed by atoms with Gasteiger partial charge >= 0.3 is 0 Å². The number of carbonyl (C=O) groups is 1. The van der Waals surface area contributed by atoms with Crippen LogP contribution in [0.25, 0.3) is 11.1 Å². The summed E-state index contributed by atoms with van der Waals surface area (Å²) in [7, 11) is 0. The van der Waals surface area contributed by atoms with Gasteiger partial charge in [-0.15, -0.1) is 0 Å². The van der Waals surface area contributed by atoms with Crippen molar-refractivity contribution < 1.29 is 9.72 Å². The Hall–Kier alpha value is -2.49. The Balaban J connectivity index is 2.71.